The van der Waals surface area contributed by atoms with Gasteiger partial charge in [0.05, 0.1) is 0 Å². The van der Waals surface area contributed by atoms with Crippen molar-refractivity contribution in [2.75, 3.05) is 77.1 Å². The number of nitrogens with zero attached hydrogens (tertiary/aromatic N) is 5. The number of rotatable bonds is 8. The van der Waals surface area contributed by atoms with Gasteiger partial charge in [0.15, 0.2) is 0 Å². The largest absolute Gasteiger partial charge is 0.507 e. The van der Waals surface area contributed by atoms with E-state index in [-0.39, 0.29) is 0 Å². The van der Waals surface area contributed by atoms with E-state index in [2.05, 4.69) is 78.9 Å². The van der Waals surface area contributed by atoms with Crippen LogP contribution in [0.5, 0.6) is 5.75 Å². The van der Waals surface area contributed by atoms with Gasteiger partial charge < -0.3 is 19.8 Å². The van der Waals surface area contributed by atoms with Gasteiger partial charge in [0.1, 0.15) is 5.75 Å². The van der Waals surface area contributed by atoms with Crippen molar-refractivity contribution < 1.29 is 5.11 Å². The number of hydrogen-bond donors (Lipinski definition) is 1. The third-order valence-corrected chi connectivity index (χ3v) is 3.37. The van der Waals surface area contributed by atoms with Gasteiger partial charge in [-0.15, -0.1) is 0 Å². The Kier molecular flexibility index (Phi) is 11.7. The smallest absolute Gasteiger partial charge is 0.124 e. The van der Waals surface area contributed by atoms with Crippen LogP contribution >= 0.6 is 0 Å². The molecule has 0 spiro atoms. The van der Waals surface area contributed by atoms with Gasteiger partial charge in [0.2, 0.25) is 0 Å². The molecule has 0 amide bonds. The van der Waals surface area contributed by atoms with E-state index < -0.39 is 0 Å². The van der Waals surface area contributed by atoms with Crippen LogP contribution in [-0.2, 0) is 19.6 Å². The number of hydrogen-bond acceptors (Lipinski definition) is 6. The summed E-state index contributed by atoms with van der Waals surface area (Å²) >= 11 is 0. The van der Waals surface area contributed by atoms with E-state index in [1.165, 1.54) is 5.56 Å². The molecule has 0 atom stereocenters. The van der Waals surface area contributed by atoms with Crippen molar-refractivity contribution in [2.45, 2.75) is 19.6 Å². The minimum Gasteiger partial charge on any atom is -0.507 e. The number of phenolic OH excluding ortho intramolecular Hbond substituents is 1. The molecular weight excluding hydrogens is 326 g/mol. The molecule has 0 aliphatic carbocycles. The summed E-state index contributed by atoms with van der Waals surface area (Å²) in [5.74, 6) is 0.435. The fourth-order valence-corrected chi connectivity index (χ4v) is 2.78. The Morgan fingerprint density at radius 3 is 1.15 bits per heavy atom. The first-order valence-electron chi connectivity index (χ1n) is 8.99. The lowest BCUT2D eigenvalue weighted by atomic mass is 10.0. The van der Waals surface area contributed by atoms with Crippen molar-refractivity contribution in [3.63, 3.8) is 0 Å². The zero-order valence-electron chi connectivity index (χ0n) is 18.7. The first-order chi connectivity index (χ1) is 11.9. The maximum absolute atomic E-state index is 10.4. The number of benzene rings is 1. The molecule has 0 heterocycles. The number of aromatic hydroxyl groups is 1. The third kappa shape index (κ3) is 11.4. The Balaban J connectivity index is 0.000000758. The molecule has 0 unspecified atom stereocenters. The predicted octanol–water partition coefficient (Wildman–Crippen LogP) is 1.64. The summed E-state index contributed by atoms with van der Waals surface area (Å²) in [4.78, 5) is 10.5. The lowest BCUT2D eigenvalue weighted by Gasteiger charge is -2.19. The second kappa shape index (κ2) is 12.3. The summed E-state index contributed by atoms with van der Waals surface area (Å²) in [5.41, 5.74) is 3.25. The molecule has 0 aromatic heterocycles. The van der Waals surface area contributed by atoms with Gasteiger partial charge in [0, 0.05) is 37.4 Å². The molecule has 6 heteroatoms. The van der Waals surface area contributed by atoms with Crippen LogP contribution in [-0.4, -0.2) is 107 Å². The van der Waals surface area contributed by atoms with E-state index in [1.54, 1.807) is 0 Å². The van der Waals surface area contributed by atoms with E-state index >= 15 is 0 Å². The lowest BCUT2D eigenvalue weighted by molar-refractivity contribution is 0.245. The van der Waals surface area contributed by atoms with Crippen molar-refractivity contribution in [1.29, 1.82) is 0 Å². The van der Waals surface area contributed by atoms with Gasteiger partial charge >= 0.3 is 0 Å². The van der Waals surface area contributed by atoms with E-state index in [1.807, 2.05) is 28.2 Å². The summed E-state index contributed by atoms with van der Waals surface area (Å²) < 4.78 is 0. The van der Waals surface area contributed by atoms with Crippen LogP contribution in [0.15, 0.2) is 12.1 Å². The second-order valence-electron chi connectivity index (χ2n) is 8.28. The minimum absolute atomic E-state index is 0.435. The van der Waals surface area contributed by atoms with Gasteiger partial charge in [-0.2, -0.15) is 0 Å². The summed E-state index contributed by atoms with van der Waals surface area (Å²) in [7, 11) is 20.4. The van der Waals surface area contributed by atoms with Crippen LogP contribution in [0.2, 0.25) is 0 Å². The molecule has 0 radical (unpaired) electrons. The highest BCUT2D eigenvalue weighted by Gasteiger charge is 2.12. The fraction of sp³-hybridized carbons (Fsp3) is 0.700. The monoisotopic (exact) mass is 367 g/mol. The van der Waals surface area contributed by atoms with Crippen LogP contribution in [0, 0.1) is 0 Å². The molecule has 0 saturated carbocycles. The maximum atomic E-state index is 10.4. The maximum Gasteiger partial charge on any atom is 0.124 e. The van der Waals surface area contributed by atoms with E-state index in [0.29, 0.717) is 5.75 Å². The van der Waals surface area contributed by atoms with Gasteiger partial charge in [0.25, 0.3) is 0 Å². The lowest BCUT2D eigenvalue weighted by Crippen LogP contribution is -2.26. The third-order valence-electron chi connectivity index (χ3n) is 3.37. The first kappa shape index (κ1) is 24.8. The zero-order valence-corrected chi connectivity index (χ0v) is 18.7. The van der Waals surface area contributed by atoms with Crippen LogP contribution < -0.4 is 0 Å². The summed E-state index contributed by atoms with van der Waals surface area (Å²) in [6.45, 7) is 3.43. The molecule has 1 N–H and O–H groups in total. The molecule has 0 bridgehead atoms. The minimum atomic E-state index is 0.435. The van der Waals surface area contributed by atoms with Crippen molar-refractivity contribution in [3.05, 3.63) is 28.8 Å². The Morgan fingerprint density at radius 2 is 0.923 bits per heavy atom. The molecular formula is C20H41N5O. The van der Waals surface area contributed by atoms with E-state index in [4.69, 9.17) is 0 Å². The van der Waals surface area contributed by atoms with Crippen molar-refractivity contribution in [2.24, 2.45) is 0 Å². The SMILES string of the molecule is CN(C)CN(C)C.CN(C)Cc1cc(CN(C)C)c(O)c(CN(C)C)c1. The molecule has 1 rings (SSSR count). The molecule has 0 fully saturated rings. The summed E-state index contributed by atoms with van der Waals surface area (Å²) in [6, 6.07) is 4.21. The molecule has 6 nitrogen and oxygen atoms in total. The Labute approximate surface area is 161 Å². The van der Waals surface area contributed by atoms with E-state index in [9.17, 15) is 5.11 Å². The van der Waals surface area contributed by atoms with Crippen LogP contribution in [0.3, 0.4) is 0 Å². The van der Waals surface area contributed by atoms with Crippen LogP contribution in [0.4, 0.5) is 0 Å². The van der Waals surface area contributed by atoms with E-state index in [0.717, 1.165) is 37.4 Å². The molecule has 0 aliphatic rings. The predicted molar refractivity (Wildman–Crippen MR) is 113 cm³/mol. The Hall–Kier alpha value is -1.18. The molecule has 1 aromatic rings. The molecule has 26 heavy (non-hydrogen) atoms. The standard InChI is InChI=1S/C15H27N3O.C5H14N2/c1-16(2)9-12-7-13(10-17(3)4)15(19)14(8-12)11-18(5)6;1-6(2)5-7(3)4/h7-8,19H,9-11H2,1-6H3;5H2,1-4H3. The molecule has 0 saturated heterocycles. The highest BCUT2D eigenvalue weighted by molar-refractivity contribution is 5.43. The average Bonchev–Trinajstić information content (AvgIpc) is 2.41. The summed E-state index contributed by atoms with van der Waals surface area (Å²) in [6.07, 6.45) is 0. The fourth-order valence-electron chi connectivity index (χ4n) is 2.78. The van der Waals surface area contributed by atoms with Crippen molar-refractivity contribution in [3.8, 4) is 5.75 Å². The number of phenols is 1. The molecule has 0 aliphatic heterocycles. The summed E-state index contributed by atoms with van der Waals surface area (Å²) in [5, 5.41) is 10.4. The molecule has 1 aromatic carbocycles. The average molecular weight is 368 g/mol. The van der Waals surface area contributed by atoms with Crippen LogP contribution in [0.1, 0.15) is 16.7 Å². The Morgan fingerprint density at radius 1 is 0.577 bits per heavy atom. The first-order valence-corrected chi connectivity index (χ1v) is 8.99. The van der Waals surface area contributed by atoms with Gasteiger partial charge in [-0.25, -0.2) is 0 Å². The van der Waals surface area contributed by atoms with Gasteiger partial charge in [-0.1, -0.05) is 0 Å². The van der Waals surface area contributed by atoms with Gasteiger partial charge in [-0.05, 0) is 88.2 Å². The van der Waals surface area contributed by atoms with Crippen LogP contribution in [0.25, 0.3) is 0 Å². The topological polar surface area (TPSA) is 36.4 Å². The van der Waals surface area contributed by atoms with Gasteiger partial charge in [-0.3, -0.25) is 9.80 Å². The highest BCUT2D eigenvalue weighted by atomic mass is 16.3. The van der Waals surface area contributed by atoms with Crippen molar-refractivity contribution in [1.82, 2.24) is 24.5 Å². The Bertz CT molecular complexity index is 476. The molecule has 152 valence electrons. The quantitative estimate of drug-likeness (QED) is 0.704. The normalized spacial score (nSPS) is 11.7. The highest BCUT2D eigenvalue weighted by Crippen LogP contribution is 2.27. The second-order valence-corrected chi connectivity index (χ2v) is 8.28. The zero-order chi connectivity index (χ0) is 20.4. The van der Waals surface area contributed by atoms with Crippen molar-refractivity contribution >= 4 is 0 Å².